The normalized spacial score (nSPS) is 12.5. The Balaban J connectivity index is 2.10. The Kier molecular flexibility index (Phi) is 3.93. The summed E-state index contributed by atoms with van der Waals surface area (Å²) in [4.78, 5) is 15.9. The number of nitrogen functional groups attached to an aromatic ring is 1. The Hall–Kier alpha value is -1.47. The van der Waals surface area contributed by atoms with Crippen molar-refractivity contribution in [3.05, 3.63) is 23.8 Å². The number of nitrogens with one attached hydrogen (secondary N) is 1. The maximum Gasteiger partial charge on any atom is 0.251 e. The van der Waals surface area contributed by atoms with E-state index in [1.165, 1.54) is 11.3 Å². The van der Waals surface area contributed by atoms with Crippen LogP contribution in [0.15, 0.2) is 18.2 Å². The molecule has 0 spiro atoms. The van der Waals surface area contributed by atoms with E-state index in [2.05, 4.69) is 10.3 Å². The van der Waals surface area contributed by atoms with Crippen molar-refractivity contribution in [1.82, 2.24) is 10.3 Å². The topological polar surface area (TPSA) is 85.1 Å². The van der Waals surface area contributed by atoms with Crippen molar-refractivity contribution >= 4 is 43.4 Å². The van der Waals surface area contributed by atoms with Crippen molar-refractivity contribution in [2.75, 3.05) is 24.3 Å². The molecule has 1 unspecified atom stereocenters. The van der Waals surface area contributed by atoms with Gasteiger partial charge in [-0.05, 0) is 18.2 Å². The first-order valence-electron chi connectivity index (χ1n) is 5.30. The number of fused-ring (bicyclic) bond motifs is 1. The van der Waals surface area contributed by atoms with Crippen molar-refractivity contribution in [3.63, 3.8) is 0 Å². The smallest absolute Gasteiger partial charge is 0.251 e. The van der Waals surface area contributed by atoms with Crippen molar-refractivity contribution in [2.45, 2.75) is 0 Å². The van der Waals surface area contributed by atoms with Crippen LogP contribution in [0.2, 0.25) is 0 Å². The molecule has 0 saturated heterocycles. The third-order valence-corrected chi connectivity index (χ3v) is 3.97. The molecule has 1 aromatic heterocycles. The number of hydrogen-bond acceptors (Lipinski definition) is 5. The van der Waals surface area contributed by atoms with Crippen molar-refractivity contribution < 1.29 is 9.00 Å². The number of hydrogen-bond donors (Lipinski definition) is 2. The van der Waals surface area contributed by atoms with E-state index in [0.717, 1.165) is 10.2 Å². The molecular formula is C11H13N3O2S2. The molecule has 0 fully saturated rings. The number of rotatable bonds is 4. The fourth-order valence-corrected chi connectivity index (χ4v) is 2.66. The molecule has 2 rings (SSSR count). The largest absolute Gasteiger partial charge is 0.375 e. The summed E-state index contributed by atoms with van der Waals surface area (Å²) in [6.45, 7) is 0.408. The van der Waals surface area contributed by atoms with E-state index in [1.54, 1.807) is 24.5 Å². The Morgan fingerprint density at radius 3 is 3.06 bits per heavy atom. The summed E-state index contributed by atoms with van der Waals surface area (Å²) in [5.74, 6) is 0.288. The van der Waals surface area contributed by atoms with Crippen LogP contribution in [0.3, 0.4) is 0 Å². The quantitative estimate of drug-likeness (QED) is 0.876. The van der Waals surface area contributed by atoms with Gasteiger partial charge in [0.25, 0.3) is 5.91 Å². The Bertz CT molecular complexity index is 609. The highest BCUT2D eigenvalue weighted by atomic mass is 32.2. The number of benzene rings is 1. The maximum atomic E-state index is 11.8. The molecule has 1 heterocycles. The molecule has 0 bridgehead atoms. The van der Waals surface area contributed by atoms with E-state index < -0.39 is 10.8 Å². The summed E-state index contributed by atoms with van der Waals surface area (Å²) >= 11 is 1.35. The molecule has 1 atom stereocenters. The minimum atomic E-state index is -0.897. The van der Waals surface area contributed by atoms with Crippen LogP contribution >= 0.6 is 11.3 Å². The van der Waals surface area contributed by atoms with Crippen LogP contribution in [-0.2, 0) is 10.8 Å². The number of nitrogens with zero attached hydrogens (tertiary/aromatic N) is 1. The first kappa shape index (κ1) is 13.0. The predicted octanol–water partition coefficient (Wildman–Crippen LogP) is 0.987. The first-order chi connectivity index (χ1) is 8.56. The number of anilines is 1. The van der Waals surface area contributed by atoms with Crippen LogP contribution in [0.25, 0.3) is 10.2 Å². The minimum absolute atomic E-state index is 0.172. The maximum absolute atomic E-state index is 11.8. The molecule has 3 N–H and O–H groups in total. The highest BCUT2D eigenvalue weighted by Crippen LogP contribution is 2.24. The lowest BCUT2D eigenvalue weighted by atomic mass is 10.2. The number of carbonyl (C=O) groups excluding carboxylic acids is 1. The second-order valence-electron chi connectivity index (χ2n) is 3.77. The van der Waals surface area contributed by atoms with Crippen molar-refractivity contribution in [2.24, 2.45) is 0 Å². The first-order valence-corrected chi connectivity index (χ1v) is 7.85. The fraction of sp³-hybridized carbons (Fsp3) is 0.273. The zero-order valence-electron chi connectivity index (χ0n) is 9.80. The molecule has 1 amide bonds. The van der Waals surface area contributed by atoms with E-state index >= 15 is 0 Å². The second-order valence-corrected chi connectivity index (χ2v) is 6.38. The molecule has 2 aromatic rings. The summed E-state index contributed by atoms with van der Waals surface area (Å²) in [5, 5.41) is 3.21. The highest BCUT2D eigenvalue weighted by Gasteiger charge is 2.08. The fourth-order valence-electron chi connectivity index (χ4n) is 1.49. The predicted molar refractivity (Wildman–Crippen MR) is 75.3 cm³/mol. The monoisotopic (exact) mass is 283 g/mol. The van der Waals surface area contributed by atoms with Gasteiger partial charge in [-0.2, -0.15) is 0 Å². The van der Waals surface area contributed by atoms with E-state index in [0.29, 0.717) is 23.0 Å². The van der Waals surface area contributed by atoms with Gasteiger partial charge < -0.3 is 11.1 Å². The lowest BCUT2D eigenvalue weighted by Gasteiger charge is -2.03. The lowest BCUT2D eigenvalue weighted by Crippen LogP contribution is -2.27. The SMILES string of the molecule is CS(=O)CCNC(=O)c1ccc2nc(N)sc2c1. The standard InChI is InChI=1S/C11H13N3O2S2/c1-18(16)5-4-13-10(15)7-2-3-8-9(6-7)17-11(12)14-8/h2-3,6H,4-5H2,1H3,(H2,12,14)(H,13,15). The van der Waals surface area contributed by atoms with Gasteiger partial charge in [0.15, 0.2) is 5.13 Å². The van der Waals surface area contributed by atoms with Gasteiger partial charge in [-0.1, -0.05) is 11.3 Å². The van der Waals surface area contributed by atoms with E-state index in [4.69, 9.17) is 5.73 Å². The Morgan fingerprint density at radius 1 is 1.56 bits per heavy atom. The number of nitrogens with two attached hydrogens (primary N) is 1. The van der Waals surface area contributed by atoms with Crippen LogP contribution in [0.5, 0.6) is 0 Å². The van der Waals surface area contributed by atoms with Gasteiger partial charge in [0.05, 0.1) is 10.2 Å². The molecule has 0 aliphatic rings. The third-order valence-electron chi connectivity index (χ3n) is 2.34. The Morgan fingerprint density at radius 2 is 2.33 bits per heavy atom. The van der Waals surface area contributed by atoms with Gasteiger partial charge >= 0.3 is 0 Å². The summed E-state index contributed by atoms with van der Waals surface area (Å²) in [6, 6.07) is 5.25. The third kappa shape index (κ3) is 3.05. The highest BCUT2D eigenvalue weighted by molar-refractivity contribution is 7.84. The molecule has 5 nitrogen and oxygen atoms in total. The summed E-state index contributed by atoms with van der Waals surface area (Å²) in [6.07, 6.45) is 1.61. The molecule has 0 aliphatic heterocycles. The Labute approximate surface area is 111 Å². The van der Waals surface area contributed by atoms with Crippen LogP contribution in [0, 0.1) is 0 Å². The molecule has 1 aromatic carbocycles. The zero-order valence-corrected chi connectivity index (χ0v) is 11.4. The average Bonchev–Trinajstić information content (AvgIpc) is 2.67. The molecular weight excluding hydrogens is 270 g/mol. The summed E-state index contributed by atoms with van der Waals surface area (Å²) in [7, 11) is -0.897. The number of thiazole rings is 1. The molecule has 0 saturated carbocycles. The van der Waals surface area contributed by atoms with Gasteiger partial charge in [-0.15, -0.1) is 0 Å². The summed E-state index contributed by atoms with van der Waals surface area (Å²) in [5.41, 5.74) is 6.96. The lowest BCUT2D eigenvalue weighted by molar-refractivity contribution is 0.0956. The van der Waals surface area contributed by atoms with E-state index in [1.807, 2.05) is 0 Å². The number of aromatic nitrogens is 1. The van der Waals surface area contributed by atoms with Gasteiger partial charge in [-0.3, -0.25) is 9.00 Å². The second kappa shape index (κ2) is 5.45. The van der Waals surface area contributed by atoms with Crippen LogP contribution in [-0.4, -0.2) is 33.7 Å². The number of carbonyl (C=O) groups is 1. The van der Waals surface area contributed by atoms with Gasteiger partial charge in [0.1, 0.15) is 0 Å². The molecule has 0 radical (unpaired) electrons. The van der Waals surface area contributed by atoms with Gasteiger partial charge in [0.2, 0.25) is 0 Å². The van der Waals surface area contributed by atoms with Crippen molar-refractivity contribution in [1.29, 1.82) is 0 Å². The molecule has 96 valence electrons. The minimum Gasteiger partial charge on any atom is -0.375 e. The average molecular weight is 283 g/mol. The molecule has 7 heteroatoms. The van der Waals surface area contributed by atoms with E-state index in [-0.39, 0.29) is 5.91 Å². The van der Waals surface area contributed by atoms with Crippen LogP contribution < -0.4 is 11.1 Å². The van der Waals surface area contributed by atoms with Crippen LogP contribution in [0.1, 0.15) is 10.4 Å². The van der Waals surface area contributed by atoms with Gasteiger partial charge in [-0.25, -0.2) is 4.98 Å². The molecule has 0 aliphatic carbocycles. The van der Waals surface area contributed by atoms with Crippen molar-refractivity contribution in [3.8, 4) is 0 Å². The zero-order chi connectivity index (χ0) is 13.1. The van der Waals surface area contributed by atoms with E-state index in [9.17, 15) is 9.00 Å². The van der Waals surface area contributed by atoms with Gasteiger partial charge in [0, 0.05) is 34.9 Å². The summed E-state index contributed by atoms with van der Waals surface area (Å²) < 4.78 is 11.8. The molecule has 18 heavy (non-hydrogen) atoms. The van der Waals surface area contributed by atoms with Crippen LogP contribution in [0.4, 0.5) is 5.13 Å². The number of amides is 1.